The van der Waals surface area contributed by atoms with E-state index in [0.717, 1.165) is 80.0 Å². The van der Waals surface area contributed by atoms with Crippen LogP contribution in [0.4, 0.5) is 17.6 Å². The molecule has 7 nitrogen and oxygen atoms in total. The van der Waals surface area contributed by atoms with Gasteiger partial charge in [-0.25, -0.2) is 0 Å². The van der Waals surface area contributed by atoms with Gasteiger partial charge in [0, 0.05) is 69.4 Å². The first kappa shape index (κ1) is 24.7. The monoisotopic (exact) mass is 504 g/mol. The lowest BCUT2D eigenvalue weighted by atomic mass is 10.1. The first-order valence-corrected chi connectivity index (χ1v) is 12.6. The van der Waals surface area contributed by atoms with E-state index in [1.54, 1.807) is 0 Å². The third-order valence-electron chi connectivity index (χ3n) is 6.20. The molecule has 8 heteroatoms. The van der Waals surface area contributed by atoms with E-state index < -0.39 is 6.10 Å². The fourth-order valence-electron chi connectivity index (χ4n) is 4.12. The second-order valence-electron chi connectivity index (χ2n) is 8.08. The molecule has 0 radical (unpaired) electrons. The highest BCUT2D eigenvalue weighted by Gasteiger charge is 2.23. The van der Waals surface area contributed by atoms with Gasteiger partial charge in [-0.3, -0.25) is 4.90 Å². The van der Waals surface area contributed by atoms with Crippen LogP contribution in [0.15, 0.2) is 34.8 Å². The number of aromatic nitrogens is 2. The zero-order valence-corrected chi connectivity index (χ0v) is 21.4. The van der Waals surface area contributed by atoms with Crippen molar-refractivity contribution >= 4 is 33.5 Å². The van der Waals surface area contributed by atoms with Gasteiger partial charge in [0.15, 0.2) is 0 Å². The molecule has 1 aromatic heterocycles. The van der Waals surface area contributed by atoms with E-state index in [1.165, 1.54) is 0 Å². The summed E-state index contributed by atoms with van der Waals surface area (Å²) < 4.78 is 1.03. The van der Waals surface area contributed by atoms with Crippen molar-refractivity contribution in [2.45, 2.75) is 33.8 Å². The van der Waals surface area contributed by atoms with Crippen LogP contribution in [0.25, 0.3) is 0 Å². The molecular formula is C24H37BrN6O. The van der Waals surface area contributed by atoms with Gasteiger partial charge in [-0.15, -0.1) is 0 Å². The third kappa shape index (κ3) is 6.11. The maximum atomic E-state index is 10.6. The number of β-amino-alcohol motifs (C(OH)–C–C–N with tert-alkyl or cyclic N) is 1. The normalized spacial score (nSPS) is 15.6. The quantitative estimate of drug-likeness (QED) is 0.528. The molecular weight excluding hydrogens is 468 g/mol. The summed E-state index contributed by atoms with van der Waals surface area (Å²) in [6.45, 7) is 16.5. The fourth-order valence-corrected chi connectivity index (χ4v) is 4.39. The predicted octanol–water partition coefficient (Wildman–Crippen LogP) is 3.79. The Morgan fingerprint density at radius 2 is 1.50 bits per heavy atom. The topological polar surface area (TPSA) is 59.0 Å². The second kappa shape index (κ2) is 11.8. The standard InChI is InChI=1S/C24H37BrN6O/c1-5-29(6-2)22-17-23(27-24(26-22)30(7-3)8-4)31-15-13-28(14-16-31)18-21(32)19-9-11-20(25)12-10-19/h9-12,17,21,32H,5-8,13-16,18H2,1-4H3. The lowest BCUT2D eigenvalue weighted by molar-refractivity contribution is 0.109. The summed E-state index contributed by atoms with van der Waals surface area (Å²) in [5.41, 5.74) is 0.958. The summed E-state index contributed by atoms with van der Waals surface area (Å²) in [6.07, 6.45) is -0.475. The van der Waals surface area contributed by atoms with E-state index in [-0.39, 0.29) is 0 Å². The van der Waals surface area contributed by atoms with Crippen molar-refractivity contribution in [3.05, 3.63) is 40.4 Å². The maximum Gasteiger partial charge on any atom is 0.229 e. The molecule has 1 N–H and O–H groups in total. The predicted molar refractivity (Wildman–Crippen MR) is 137 cm³/mol. The van der Waals surface area contributed by atoms with Crippen LogP contribution in [-0.2, 0) is 0 Å². The van der Waals surface area contributed by atoms with Crippen molar-refractivity contribution in [3.8, 4) is 0 Å². The van der Waals surface area contributed by atoms with E-state index in [2.05, 4.69) is 69.3 Å². The molecule has 176 valence electrons. The molecule has 0 spiro atoms. The number of hydrogen-bond acceptors (Lipinski definition) is 7. The molecule has 2 aromatic rings. The SMILES string of the molecule is CCN(CC)c1cc(N2CCN(CC(O)c3ccc(Br)cc3)CC2)nc(N(CC)CC)n1. The Balaban J connectivity index is 1.70. The minimum atomic E-state index is -0.475. The highest BCUT2D eigenvalue weighted by molar-refractivity contribution is 9.10. The van der Waals surface area contributed by atoms with Crippen LogP contribution in [-0.4, -0.2) is 78.9 Å². The van der Waals surface area contributed by atoms with Gasteiger partial charge in [0.2, 0.25) is 5.95 Å². The van der Waals surface area contributed by atoms with E-state index in [0.29, 0.717) is 6.54 Å². The van der Waals surface area contributed by atoms with Crippen molar-refractivity contribution in [1.29, 1.82) is 0 Å². The fraction of sp³-hybridized carbons (Fsp3) is 0.583. The Kier molecular flexibility index (Phi) is 9.13. The maximum absolute atomic E-state index is 10.6. The molecule has 32 heavy (non-hydrogen) atoms. The average molecular weight is 506 g/mol. The zero-order valence-electron chi connectivity index (χ0n) is 19.8. The molecule has 0 bridgehead atoms. The molecule has 2 heterocycles. The lowest BCUT2D eigenvalue weighted by Crippen LogP contribution is -2.48. The van der Waals surface area contributed by atoms with Gasteiger partial charge in [0.25, 0.3) is 0 Å². The van der Waals surface area contributed by atoms with Crippen LogP contribution in [0.1, 0.15) is 39.4 Å². The Labute approximate surface area is 201 Å². The van der Waals surface area contributed by atoms with Gasteiger partial charge < -0.3 is 19.8 Å². The minimum Gasteiger partial charge on any atom is -0.387 e. The van der Waals surface area contributed by atoms with Crippen LogP contribution in [0.3, 0.4) is 0 Å². The molecule has 1 aliphatic heterocycles. The highest BCUT2D eigenvalue weighted by atomic mass is 79.9. The number of aliphatic hydroxyl groups excluding tert-OH is 1. The summed E-state index contributed by atoms with van der Waals surface area (Å²) >= 11 is 3.45. The highest BCUT2D eigenvalue weighted by Crippen LogP contribution is 2.25. The minimum absolute atomic E-state index is 0.475. The summed E-state index contributed by atoms with van der Waals surface area (Å²) in [4.78, 5) is 19.0. The second-order valence-corrected chi connectivity index (χ2v) is 9.00. The molecule has 0 saturated carbocycles. The van der Waals surface area contributed by atoms with Gasteiger partial charge >= 0.3 is 0 Å². The largest absolute Gasteiger partial charge is 0.387 e. The number of halogens is 1. The number of hydrogen-bond donors (Lipinski definition) is 1. The molecule has 0 amide bonds. The van der Waals surface area contributed by atoms with Crippen LogP contribution < -0.4 is 14.7 Å². The number of anilines is 3. The lowest BCUT2D eigenvalue weighted by Gasteiger charge is -2.37. The summed E-state index contributed by atoms with van der Waals surface area (Å²) in [5, 5.41) is 10.6. The Hall–Kier alpha value is -1.90. The molecule has 0 aliphatic carbocycles. The van der Waals surface area contributed by atoms with E-state index in [1.807, 2.05) is 24.3 Å². The number of nitrogens with zero attached hydrogens (tertiary/aromatic N) is 6. The Morgan fingerprint density at radius 1 is 0.906 bits per heavy atom. The van der Waals surface area contributed by atoms with Crippen LogP contribution >= 0.6 is 15.9 Å². The zero-order chi connectivity index (χ0) is 23.1. The summed E-state index contributed by atoms with van der Waals surface area (Å²) in [6, 6.07) is 10.1. The number of piperazine rings is 1. The third-order valence-corrected chi connectivity index (χ3v) is 6.73. The first-order valence-electron chi connectivity index (χ1n) is 11.8. The van der Waals surface area contributed by atoms with Crippen LogP contribution in [0.2, 0.25) is 0 Å². The Morgan fingerprint density at radius 3 is 2.06 bits per heavy atom. The number of benzene rings is 1. The van der Waals surface area contributed by atoms with E-state index in [4.69, 9.17) is 9.97 Å². The molecule has 1 fully saturated rings. The molecule has 1 unspecified atom stereocenters. The van der Waals surface area contributed by atoms with Gasteiger partial charge in [0.1, 0.15) is 11.6 Å². The molecule has 1 saturated heterocycles. The number of aliphatic hydroxyl groups is 1. The van der Waals surface area contributed by atoms with Crippen LogP contribution in [0, 0.1) is 0 Å². The number of rotatable bonds is 10. The summed E-state index contributed by atoms with van der Waals surface area (Å²) in [7, 11) is 0. The van der Waals surface area contributed by atoms with Crippen molar-refractivity contribution < 1.29 is 5.11 Å². The van der Waals surface area contributed by atoms with Gasteiger partial charge in [0.05, 0.1) is 6.10 Å². The molecule has 3 rings (SSSR count). The van der Waals surface area contributed by atoms with Crippen LogP contribution in [0.5, 0.6) is 0 Å². The molecule has 1 aromatic carbocycles. The summed E-state index contributed by atoms with van der Waals surface area (Å²) in [5.74, 6) is 2.80. The van der Waals surface area contributed by atoms with Gasteiger partial charge in [-0.2, -0.15) is 9.97 Å². The van der Waals surface area contributed by atoms with Gasteiger partial charge in [-0.1, -0.05) is 28.1 Å². The van der Waals surface area contributed by atoms with Gasteiger partial charge in [-0.05, 0) is 45.4 Å². The molecule has 1 aliphatic rings. The molecule has 1 atom stereocenters. The van der Waals surface area contributed by atoms with E-state index >= 15 is 0 Å². The van der Waals surface area contributed by atoms with Crippen molar-refractivity contribution in [1.82, 2.24) is 14.9 Å². The smallest absolute Gasteiger partial charge is 0.229 e. The van der Waals surface area contributed by atoms with Crippen molar-refractivity contribution in [2.24, 2.45) is 0 Å². The Bertz CT molecular complexity index is 803. The van der Waals surface area contributed by atoms with Crippen molar-refractivity contribution in [2.75, 3.05) is 73.6 Å². The average Bonchev–Trinajstić information content (AvgIpc) is 2.81. The van der Waals surface area contributed by atoms with E-state index in [9.17, 15) is 5.11 Å². The first-order chi connectivity index (χ1) is 15.5. The van der Waals surface area contributed by atoms with Crippen molar-refractivity contribution in [3.63, 3.8) is 0 Å².